The summed E-state index contributed by atoms with van der Waals surface area (Å²) in [6.45, 7) is 2.20. The van der Waals surface area contributed by atoms with Crippen LogP contribution in [0.1, 0.15) is 29.9 Å². The number of methoxy groups -OCH3 is 1. The van der Waals surface area contributed by atoms with Crippen molar-refractivity contribution >= 4 is 16.1 Å². The fourth-order valence-electron chi connectivity index (χ4n) is 4.84. The number of oxazole rings is 1. The largest absolute Gasteiger partial charge is 0.436 e. The van der Waals surface area contributed by atoms with Gasteiger partial charge in [-0.05, 0) is 41.5 Å². The highest BCUT2D eigenvalue weighted by Gasteiger charge is 2.34. The van der Waals surface area contributed by atoms with Crippen LogP contribution in [0, 0.1) is 0 Å². The van der Waals surface area contributed by atoms with E-state index in [4.69, 9.17) is 23.8 Å². The van der Waals surface area contributed by atoms with Gasteiger partial charge in [-0.25, -0.2) is 18.5 Å². The first kappa shape index (κ1) is 27.9. The van der Waals surface area contributed by atoms with Crippen molar-refractivity contribution in [2.75, 3.05) is 26.9 Å². The molecule has 0 radical (unpaired) electrons. The van der Waals surface area contributed by atoms with Gasteiger partial charge in [0.2, 0.25) is 15.9 Å². The van der Waals surface area contributed by atoms with Gasteiger partial charge in [0.05, 0.1) is 23.7 Å². The van der Waals surface area contributed by atoms with Gasteiger partial charge in [0.15, 0.2) is 5.76 Å². The molecule has 1 aromatic heterocycles. The Morgan fingerprint density at radius 3 is 2.42 bits per heavy atom. The number of benzene rings is 3. The first-order valence-electron chi connectivity index (χ1n) is 13.0. The first-order chi connectivity index (χ1) is 19.4. The SMILES string of the molecule is COC1(c2cccc(COCC=Cc3nc(-c4ccccc4)c(-c4ccc(S(N)(=O)=O)cc4)o3)c2)CCOCC1. The van der Waals surface area contributed by atoms with Crippen molar-refractivity contribution in [2.24, 2.45) is 5.14 Å². The number of hydrogen-bond donors (Lipinski definition) is 1. The molecule has 9 heteroatoms. The zero-order valence-electron chi connectivity index (χ0n) is 22.3. The first-order valence-corrected chi connectivity index (χ1v) is 14.6. The van der Waals surface area contributed by atoms with Gasteiger partial charge in [0.1, 0.15) is 5.69 Å². The van der Waals surface area contributed by atoms with E-state index in [0.717, 1.165) is 29.5 Å². The second-order valence-electron chi connectivity index (χ2n) is 9.59. The van der Waals surface area contributed by atoms with E-state index < -0.39 is 10.0 Å². The van der Waals surface area contributed by atoms with E-state index in [2.05, 4.69) is 17.1 Å². The summed E-state index contributed by atoms with van der Waals surface area (Å²) in [6, 6.07) is 24.2. The van der Waals surface area contributed by atoms with Crippen LogP contribution in [-0.2, 0) is 36.4 Å². The number of hydrogen-bond acceptors (Lipinski definition) is 7. The number of primary sulfonamides is 1. The maximum atomic E-state index is 11.7. The van der Waals surface area contributed by atoms with Crippen LogP contribution in [0.2, 0.25) is 0 Å². The zero-order valence-corrected chi connectivity index (χ0v) is 23.1. The van der Waals surface area contributed by atoms with Gasteiger partial charge >= 0.3 is 0 Å². The van der Waals surface area contributed by atoms with Crippen LogP contribution in [0.15, 0.2) is 94.3 Å². The van der Waals surface area contributed by atoms with E-state index in [1.807, 2.05) is 48.5 Å². The van der Waals surface area contributed by atoms with Gasteiger partial charge in [-0.15, -0.1) is 0 Å². The predicted molar refractivity (Wildman–Crippen MR) is 153 cm³/mol. The highest BCUT2D eigenvalue weighted by molar-refractivity contribution is 7.89. The number of rotatable bonds is 10. The molecule has 1 saturated heterocycles. The molecule has 3 aromatic carbocycles. The standard InChI is InChI=1S/C31H32N2O6S/c1-36-31(16-19-37-20-17-31)26-10-5-7-23(21-26)22-38-18-6-11-28-33-29(24-8-3-2-4-9-24)30(39-28)25-12-14-27(15-13-25)40(32,34)35/h2-15,21H,16-20,22H2,1H3,(H2,32,34,35). The summed E-state index contributed by atoms with van der Waals surface area (Å²) in [5.41, 5.74) is 4.13. The number of ether oxygens (including phenoxy) is 3. The summed E-state index contributed by atoms with van der Waals surface area (Å²) < 4.78 is 46.8. The lowest BCUT2D eigenvalue weighted by atomic mass is 9.85. The van der Waals surface area contributed by atoms with Crippen LogP contribution in [-0.4, -0.2) is 40.3 Å². The molecule has 0 amide bonds. The quantitative estimate of drug-likeness (QED) is 0.253. The third kappa shape index (κ3) is 6.41. The van der Waals surface area contributed by atoms with E-state index in [-0.39, 0.29) is 10.5 Å². The molecule has 1 fully saturated rings. The van der Waals surface area contributed by atoms with Crippen LogP contribution in [0.25, 0.3) is 28.7 Å². The van der Waals surface area contributed by atoms with Gasteiger partial charge in [-0.2, -0.15) is 0 Å². The van der Waals surface area contributed by atoms with Crippen LogP contribution < -0.4 is 5.14 Å². The molecule has 2 heterocycles. The highest BCUT2D eigenvalue weighted by atomic mass is 32.2. The second kappa shape index (κ2) is 12.3. The molecule has 40 heavy (non-hydrogen) atoms. The zero-order chi connectivity index (χ0) is 28.0. The Morgan fingerprint density at radius 1 is 0.975 bits per heavy atom. The van der Waals surface area contributed by atoms with Crippen molar-refractivity contribution in [2.45, 2.75) is 29.9 Å². The Labute approximate surface area is 234 Å². The number of nitrogens with zero attached hydrogens (tertiary/aromatic N) is 1. The molecule has 4 aromatic rings. The minimum absolute atomic E-state index is 0.0324. The fourth-order valence-corrected chi connectivity index (χ4v) is 5.36. The summed E-state index contributed by atoms with van der Waals surface area (Å²) in [5, 5.41) is 5.25. The third-order valence-corrected chi connectivity index (χ3v) is 7.95. The number of sulfonamides is 1. The molecule has 5 rings (SSSR count). The molecular formula is C31H32N2O6S. The van der Waals surface area contributed by atoms with E-state index >= 15 is 0 Å². The van der Waals surface area contributed by atoms with Crippen LogP contribution in [0.3, 0.4) is 0 Å². The van der Waals surface area contributed by atoms with Crippen molar-refractivity contribution < 1.29 is 27.0 Å². The minimum Gasteiger partial charge on any atom is -0.436 e. The van der Waals surface area contributed by atoms with Gasteiger partial charge < -0.3 is 18.6 Å². The third-order valence-electron chi connectivity index (χ3n) is 7.02. The molecule has 1 aliphatic heterocycles. The number of nitrogens with two attached hydrogens (primary N) is 1. The Bertz CT molecular complexity index is 1560. The monoisotopic (exact) mass is 560 g/mol. The molecule has 208 valence electrons. The molecule has 0 atom stereocenters. The Hall–Kier alpha value is -3.60. The fraction of sp³-hybridized carbons (Fsp3) is 0.258. The average molecular weight is 561 g/mol. The normalized spacial score (nSPS) is 15.4. The highest BCUT2D eigenvalue weighted by Crippen LogP contribution is 2.36. The van der Waals surface area contributed by atoms with Gasteiger partial charge in [0.25, 0.3) is 0 Å². The summed E-state index contributed by atoms with van der Waals surface area (Å²) in [6.07, 6.45) is 5.28. The van der Waals surface area contributed by atoms with Gasteiger partial charge in [-0.3, -0.25) is 0 Å². The molecular weight excluding hydrogens is 528 g/mol. The maximum absolute atomic E-state index is 11.7. The Balaban J connectivity index is 1.28. The van der Waals surface area contributed by atoms with Crippen molar-refractivity contribution in [1.29, 1.82) is 0 Å². The van der Waals surface area contributed by atoms with Crippen LogP contribution in [0.5, 0.6) is 0 Å². The molecule has 0 bridgehead atoms. The molecule has 1 aliphatic rings. The molecule has 0 unspecified atom stereocenters. The second-order valence-corrected chi connectivity index (χ2v) is 11.2. The topological polar surface area (TPSA) is 114 Å². The summed E-state index contributed by atoms with van der Waals surface area (Å²) in [5.74, 6) is 0.946. The lowest BCUT2D eigenvalue weighted by Gasteiger charge is -2.36. The van der Waals surface area contributed by atoms with E-state index in [1.54, 1.807) is 25.3 Å². The van der Waals surface area contributed by atoms with Crippen molar-refractivity contribution in [3.05, 3.63) is 102 Å². The van der Waals surface area contributed by atoms with Gasteiger partial charge in [-0.1, -0.05) is 60.7 Å². The van der Waals surface area contributed by atoms with E-state index in [9.17, 15) is 8.42 Å². The average Bonchev–Trinajstić information content (AvgIpc) is 3.42. The molecule has 0 spiro atoms. The van der Waals surface area contributed by atoms with E-state index in [0.29, 0.717) is 49.3 Å². The van der Waals surface area contributed by atoms with Crippen LogP contribution >= 0.6 is 0 Å². The van der Waals surface area contributed by atoms with Gasteiger partial charge in [0, 0.05) is 44.3 Å². The lowest BCUT2D eigenvalue weighted by Crippen LogP contribution is -2.35. The summed E-state index contributed by atoms with van der Waals surface area (Å²) in [4.78, 5) is 4.72. The molecule has 2 N–H and O–H groups in total. The predicted octanol–water partition coefficient (Wildman–Crippen LogP) is 5.54. The molecule has 0 aliphatic carbocycles. The minimum atomic E-state index is -3.79. The molecule has 8 nitrogen and oxygen atoms in total. The maximum Gasteiger partial charge on any atom is 0.238 e. The Kier molecular flexibility index (Phi) is 8.58. The van der Waals surface area contributed by atoms with Crippen molar-refractivity contribution in [3.63, 3.8) is 0 Å². The Morgan fingerprint density at radius 2 is 1.73 bits per heavy atom. The van der Waals surface area contributed by atoms with Crippen LogP contribution in [0.4, 0.5) is 0 Å². The lowest BCUT2D eigenvalue weighted by molar-refractivity contribution is -0.0948. The summed E-state index contributed by atoms with van der Waals surface area (Å²) in [7, 11) is -2.03. The summed E-state index contributed by atoms with van der Waals surface area (Å²) >= 11 is 0. The number of aromatic nitrogens is 1. The molecule has 0 saturated carbocycles. The van der Waals surface area contributed by atoms with Crippen molar-refractivity contribution in [3.8, 4) is 22.6 Å². The smallest absolute Gasteiger partial charge is 0.238 e. The van der Waals surface area contributed by atoms with E-state index in [1.165, 1.54) is 12.1 Å². The van der Waals surface area contributed by atoms with Crippen molar-refractivity contribution in [1.82, 2.24) is 4.98 Å².